The van der Waals surface area contributed by atoms with Crippen molar-refractivity contribution in [1.29, 1.82) is 0 Å². The lowest BCUT2D eigenvalue weighted by Gasteiger charge is -2.09. The van der Waals surface area contributed by atoms with E-state index in [0.717, 1.165) is 29.2 Å². The van der Waals surface area contributed by atoms with Crippen LogP contribution in [0.4, 0.5) is 5.13 Å². The first-order valence-corrected chi connectivity index (χ1v) is 7.37. The fraction of sp³-hybridized carbons (Fsp3) is 0.357. The van der Waals surface area contributed by atoms with Crippen molar-refractivity contribution in [2.75, 3.05) is 11.9 Å². The highest BCUT2D eigenvalue weighted by molar-refractivity contribution is 7.15. The van der Waals surface area contributed by atoms with Crippen molar-refractivity contribution < 1.29 is 9.53 Å². The average molecular weight is 291 g/mol. The van der Waals surface area contributed by atoms with Crippen LogP contribution in [0.2, 0.25) is 0 Å². The molecule has 0 atom stereocenters. The number of anilines is 1. The van der Waals surface area contributed by atoms with Gasteiger partial charge in [0.1, 0.15) is 10.8 Å². The number of nitrogens with zero attached hydrogens (tertiary/aromatic N) is 2. The van der Waals surface area contributed by atoms with E-state index in [0.29, 0.717) is 5.13 Å². The van der Waals surface area contributed by atoms with Crippen LogP contribution in [-0.2, 0) is 17.6 Å². The first-order chi connectivity index (χ1) is 9.72. The molecule has 0 aliphatic rings. The van der Waals surface area contributed by atoms with Crippen LogP contribution in [0, 0.1) is 0 Å². The van der Waals surface area contributed by atoms with Crippen molar-refractivity contribution in [3.05, 3.63) is 34.8 Å². The highest BCUT2D eigenvalue weighted by Crippen LogP contribution is 2.19. The number of amides is 1. The summed E-state index contributed by atoms with van der Waals surface area (Å²) in [7, 11) is 0. The first kappa shape index (κ1) is 14.5. The Bertz CT molecular complexity index is 583. The summed E-state index contributed by atoms with van der Waals surface area (Å²) in [5, 5.41) is 11.9. The number of nitrogens with one attached hydrogen (secondary N) is 1. The molecule has 1 N–H and O–H groups in total. The third kappa shape index (κ3) is 3.77. The summed E-state index contributed by atoms with van der Waals surface area (Å²) in [6, 6.07) is 7.71. The third-order valence-electron chi connectivity index (χ3n) is 2.73. The first-order valence-electron chi connectivity index (χ1n) is 6.55. The van der Waals surface area contributed by atoms with Crippen LogP contribution in [0.5, 0.6) is 5.75 Å². The number of ether oxygens (including phenoxy) is 1. The second-order valence-electron chi connectivity index (χ2n) is 4.15. The van der Waals surface area contributed by atoms with Gasteiger partial charge in [-0.05, 0) is 24.5 Å². The van der Waals surface area contributed by atoms with Crippen molar-refractivity contribution in [2.45, 2.75) is 26.7 Å². The molecule has 2 aromatic rings. The molecule has 0 aliphatic carbocycles. The van der Waals surface area contributed by atoms with Gasteiger partial charge in [0.05, 0.1) is 0 Å². The molecule has 0 aliphatic heterocycles. The molecule has 20 heavy (non-hydrogen) atoms. The van der Waals surface area contributed by atoms with Gasteiger partial charge in [0.15, 0.2) is 6.61 Å². The highest BCUT2D eigenvalue weighted by atomic mass is 32.1. The number of aryl methyl sites for hydroxylation is 2. The summed E-state index contributed by atoms with van der Waals surface area (Å²) >= 11 is 1.38. The molecular formula is C14H17N3O2S. The summed E-state index contributed by atoms with van der Waals surface area (Å²) in [5.74, 6) is 0.520. The van der Waals surface area contributed by atoms with Gasteiger partial charge >= 0.3 is 0 Å². The van der Waals surface area contributed by atoms with E-state index >= 15 is 0 Å². The molecular weight excluding hydrogens is 274 g/mol. The number of hydrogen-bond donors (Lipinski definition) is 1. The maximum Gasteiger partial charge on any atom is 0.264 e. The van der Waals surface area contributed by atoms with Gasteiger partial charge in [-0.15, -0.1) is 10.2 Å². The number of hydrogen-bond acceptors (Lipinski definition) is 5. The van der Waals surface area contributed by atoms with Gasteiger partial charge in [0.2, 0.25) is 5.13 Å². The number of benzene rings is 1. The SMILES string of the molecule is CCc1nnc(NC(=O)COc2ccccc2CC)s1. The normalized spacial score (nSPS) is 10.3. The van der Waals surface area contributed by atoms with Crippen molar-refractivity contribution in [2.24, 2.45) is 0 Å². The zero-order chi connectivity index (χ0) is 14.4. The highest BCUT2D eigenvalue weighted by Gasteiger charge is 2.09. The Morgan fingerprint density at radius 3 is 2.75 bits per heavy atom. The van der Waals surface area contributed by atoms with Crippen molar-refractivity contribution >= 4 is 22.4 Å². The van der Waals surface area contributed by atoms with E-state index in [1.165, 1.54) is 11.3 Å². The minimum atomic E-state index is -0.227. The van der Waals surface area contributed by atoms with E-state index in [-0.39, 0.29) is 12.5 Å². The maximum atomic E-state index is 11.8. The van der Waals surface area contributed by atoms with Gasteiger partial charge in [-0.3, -0.25) is 10.1 Å². The van der Waals surface area contributed by atoms with Gasteiger partial charge in [0, 0.05) is 0 Å². The van der Waals surface area contributed by atoms with Crippen LogP contribution in [0.15, 0.2) is 24.3 Å². The fourth-order valence-electron chi connectivity index (χ4n) is 1.68. The molecule has 0 fully saturated rings. The van der Waals surface area contributed by atoms with Crippen LogP contribution >= 0.6 is 11.3 Å². The molecule has 5 nitrogen and oxygen atoms in total. The third-order valence-corrected chi connectivity index (χ3v) is 3.71. The zero-order valence-corrected chi connectivity index (χ0v) is 12.4. The maximum absolute atomic E-state index is 11.8. The lowest BCUT2D eigenvalue weighted by atomic mass is 10.1. The van der Waals surface area contributed by atoms with E-state index in [2.05, 4.69) is 22.4 Å². The molecule has 0 radical (unpaired) electrons. The van der Waals surface area contributed by atoms with E-state index < -0.39 is 0 Å². The Hall–Kier alpha value is -1.95. The number of para-hydroxylation sites is 1. The Morgan fingerprint density at radius 2 is 2.05 bits per heavy atom. The number of rotatable bonds is 6. The van der Waals surface area contributed by atoms with Crippen LogP contribution in [-0.4, -0.2) is 22.7 Å². The predicted octanol–water partition coefficient (Wildman–Crippen LogP) is 2.68. The molecule has 0 spiro atoms. The summed E-state index contributed by atoms with van der Waals surface area (Å²) in [5.41, 5.74) is 1.09. The van der Waals surface area contributed by atoms with Gasteiger partial charge < -0.3 is 4.74 Å². The molecule has 1 aromatic heterocycles. The standard InChI is InChI=1S/C14H17N3O2S/c1-3-10-7-5-6-8-11(10)19-9-12(18)15-14-17-16-13(4-2)20-14/h5-8H,3-4,9H2,1-2H3,(H,15,17,18). The molecule has 0 bridgehead atoms. The second kappa shape index (κ2) is 7.00. The van der Waals surface area contributed by atoms with Crippen LogP contribution in [0.25, 0.3) is 0 Å². The molecule has 1 aromatic carbocycles. The molecule has 0 unspecified atom stereocenters. The number of aromatic nitrogens is 2. The Balaban J connectivity index is 1.88. The van der Waals surface area contributed by atoms with Gasteiger partial charge in [0.25, 0.3) is 5.91 Å². The largest absolute Gasteiger partial charge is 0.483 e. The summed E-state index contributed by atoms with van der Waals surface area (Å²) in [6.07, 6.45) is 1.68. The molecule has 6 heteroatoms. The fourth-order valence-corrected chi connectivity index (χ4v) is 2.38. The molecule has 1 heterocycles. The molecule has 2 rings (SSSR count). The monoisotopic (exact) mass is 291 g/mol. The molecule has 0 saturated carbocycles. The number of carbonyl (C=O) groups is 1. The average Bonchev–Trinajstić information content (AvgIpc) is 2.93. The van der Waals surface area contributed by atoms with Gasteiger partial charge in [-0.1, -0.05) is 43.4 Å². The lowest BCUT2D eigenvalue weighted by molar-refractivity contribution is -0.118. The molecule has 0 saturated heterocycles. The van der Waals surface area contributed by atoms with Crippen molar-refractivity contribution in [3.63, 3.8) is 0 Å². The second-order valence-corrected chi connectivity index (χ2v) is 5.21. The minimum absolute atomic E-state index is 0.0297. The van der Waals surface area contributed by atoms with Gasteiger partial charge in [-0.25, -0.2) is 0 Å². The Morgan fingerprint density at radius 1 is 1.25 bits per heavy atom. The molecule has 1 amide bonds. The van der Waals surface area contributed by atoms with E-state index in [4.69, 9.17) is 4.74 Å². The van der Waals surface area contributed by atoms with Crippen LogP contribution < -0.4 is 10.1 Å². The predicted molar refractivity (Wildman–Crippen MR) is 79.2 cm³/mol. The quantitative estimate of drug-likeness (QED) is 0.888. The van der Waals surface area contributed by atoms with E-state index in [1.807, 2.05) is 31.2 Å². The van der Waals surface area contributed by atoms with E-state index in [9.17, 15) is 4.79 Å². The number of carbonyl (C=O) groups excluding carboxylic acids is 1. The summed E-state index contributed by atoms with van der Waals surface area (Å²) < 4.78 is 5.54. The summed E-state index contributed by atoms with van der Waals surface area (Å²) in [6.45, 7) is 4.02. The van der Waals surface area contributed by atoms with Crippen LogP contribution in [0.3, 0.4) is 0 Å². The molecule has 106 valence electrons. The van der Waals surface area contributed by atoms with Crippen LogP contribution in [0.1, 0.15) is 24.4 Å². The topological polar surface area (TPSA) is 64.1 Å². The minimum Gasteiger partial charge on any atom is -0.483 e. The van der Waals surface area contributed by atoms with Gasteiger partial charge in [-0.2, -0.15) is 0 Å². The zero-order valence-electron chi connectivity index (χ0n) is 11.5. The smallest absolute Gasteiger partial charge is 0.264 e. The van der Waals surface area contributed by atoms with E-state index in [1.54, 1.807) is 0 Å². The van der Waals surface area contributed by atoms with Crippen molar-refractivity contribution in [1.82, 2.24) is 10.2 Å². The Labute approximate surface area is 122 Å². The summed E-state index contributed by atoms with van der Waals surface area (Å²) in [4.78, 5) is 11.8. The van der Waals surface area contributed by atoms with Crippen molar-refractivity contribution in [3.8, 4) is 5.75 Å². The Kier molecular flexibility index (Phi) is 5.06. The lowest BCUT2D eigenvalue weighted by Crippen LogP contribution is -2.20.